The lowest BCUT2D eigenvalue weighted by atomic mass is 10.1. The third kappa shape index (κ3) is 5.02. The molecule has 0 heterocycles. The van der Waals surface area contributed by atoms with Crippen LogP contribution in [0.15, 0.2) is 24.3 Å². The van der Waals surface area contributed by atoms with Crippen LogP contribution < -0.4 is 4.72 Å². The molecule has 0 aliphatic heterocycles. The van der Waals surface area contributed by atoms with Crippen molar-refractivity contribution in [2.45, 2.75) is 19.4 Å². The highest BCUT2D eigenvalue weighted by Gasteiger charge is 2.15. The van der Waals surface area contributed by atoms with E-state index in [1.54, 1.807) is 19.1 Å². The first-order valence-electron chi connectivity index (χ1n) is 5.26. The largest absolute Gasteiger partial charge is 0.212 e. The molecule has 0 bridgehead atoms. The van der Waals surface area contributed by atoms with E-state index in [-0.39, 0.29) is 17.6 Å². The molecule has 1 atom stereocenters. The Morgan fingerprint density at radius 1 is 1.35 bits per heavy atom. The normalized spacial score (nSPS) is 13.6. The number of sulfonamides is 1. The lowest BCUT2D eigenvalue weighted by molar-refractivity contribution is 0.565. The Kier molecular flexibility index (Phi) is 5.36. The van der Waals surface area contributed by atoms with Gasteiger partial charge in [0.15, 0.2) is 0 Å². The zero-order chi connectivity index (χ0) is 12.9. The van der Waals surface area contributed by atoms with Crippen LogP contribution >= 0.6 is 11.6 Å². The van der Waals surface area contributed by atoms with E-state index in [2.05, 4.69) is 4.72 Å². The van der Waals surface area contributed by atoms with E-state index in [0.29, 0.717) is 12.3 Å². The van der Waals surface area contributed by atoms with Crippen LogP contribution in [0, 0.1) is 5.82 Å². The predicted octanol–water partition coefficient (Wildman–Crippen LogP) is 2.44. The van der Waals surface area contributed by atoms with Crippen molar-refractivity contribution in [3.8, 4) is 0 Å². The molecule has 6 heteroatoms. The van der Waals surface area contributed by atoms with Gasteiger partial charge in [-0.2, -0.15) is 0 Å². The molecule has 0 aromatic heterocycles. The number of hydrogen-bond acceptors (Lipinski definition) is 2. The molecule has 0 radical (unpaired) electrons. The van der Waals surface area contributed by atoms with E-state index in [1.165, 1.54) is 12.1 Å². The summed E-state index contributed by atoms with van der Waals surface area (Å²) in [5.41, 5.74) is 0.723. The minimum absolute atomic E-state index is 0.00202. The van der Waals surface area contributed by atoms with Crippen LogP contribution in [0.4, 0.5) is 4.39 Å². The van der Waals surface area contributed by atoms with E-state index in [0.717, 1.165) is 5.56 Å². The molecule has 0 aliphatic carbocycles. The zero-order valence-electron chi connectivity index (χ0n) is 9.49. The van der Waals surface area contributed by atoms with E-state index in [1.807, 2.05) is 0 Å². The number of halogens is 2. The van der Waals surface area contributed by atoms with Crippen molar-refractivity contribution in [1.29, 1.82) is 0 Å². The molecule has 0 aliphatic rings. The van der Waals surface area contributed by atoms with E-state index >= 15 is 0 Å². The molecule has 1 rings (SSSR count). The molecule has 0 amide bonds. The lowest BCUT2D eigenvalue weighted by Gasteiger charge is -2.14. The summed E-state index contributed by atoms with van der Waals surface area (Å²) in [5.74, 6) is -0.0283. The zero-order valence-corrected chi connectivity index (χ0v) is 11.1. The molecular formula is C11H15ClFNO2S. The second-order valence-electron chi connectivity index (χ2n) is 3.75. The van der Waals surface area contributed by atoms with Gasteiger partial charge in [0.05, 0.1) is 5.75 Å². The Morgan fingerprint density at radius 2 is 1.94 bits per heavy atom. The standard InChI is InChI=1S/C11H15ClFNO2S/c1-9(10-3-5-11(13)6-4-10)14-17(15,16)8-2-7-12/h3-6,9,14H,2,7-8H2,1H3/t9-/m1/s1. The van der Waals surface area contributed by atoms with Crippen molar-refractivity contribution in [3.63, 3.8) is 0 Å². The smallest absolute Gasteiger partial charge is 0.212 e. The SMILES string of the molecule is C[C@@H](NS(=O)(=O)CCCCl)c1ccc(F)cc1. The molecule has 0 saturated carbocycles. The van der Waals surface area contributed by atoms with Gasteiger partial charge in [-0.05, 0) is 31.0 Å². The molecule has 1 aromatic carbocycles. The fraction of sp³-hybridized carbons (Fsp3) is 0.455. The van der Waals surface area contributed by atoms with Crippen LogP contribution in [0.2, 0.25) is 0 Å². The molecule has 0 fully saturated rings. The molecular weight excluding hydrogens is 265 g/mol. The molecule has 3 nitrogen and oxygen atoms in total. The molecule has 0 saturated heterocycles. The predicted molar refractivity (Wildman–Crippen MR) is 67.1 cm³/mol. The summed E-state index contributed by atoms with van der Waals surface area (Å²) in [7, 11) is -3.33. The van der Waals surface area contributed by atoms with Gasteiger partial charge in [-0.3, -0.25) is 0 Å². The number of hydrogen-bond donors (Lipinski definition) is 1. The van der Waals surface area contributed by atoms with Crippen molar-refractivity contribution < 1.29 is 12.8 Å². The van der Waals surface area contributed by atoms with Gasteiger partial charge in [0.2, 0.25) is 10.0 Å². The van der Waals surface area contributed by atoms with Crippen LogP contribution in [-0.2, 0) is 10.0 Å². The maximum Gasteiger partial charge on any atom is 0.212 e. The summed E-state index contributed by atoms with van der Waals surface area (Å²) in [5, 5.41) is 0. The fourth-order valence-electron chi connectivity index (χ4n) is 1.39. The van der Waals surface area contributed by atoms with E-state index in [9.17, 15) is 12.8 Å². The van der Waals surface area contributed by atoms with E-state index < -0.39 is 10.0 Å². The van der Waals surface area contributed by atoms with Gasteiger partial charge in [0.1, 0.15) is 5.82 Å². The maximum atomic E-state index is 12.7. The first-order valence-corrected chi connectivity index (χ1v) is 7.45. The Morgan fingerprint density at radius 3 is 2.47 bits per heavy atom. The monoisotopic (exact) mass is 279 g/mol. The molecule has 96 valence electrons. The molecule has 17 heavy (non-hydrogen) atoms. The van der Waals surface area contributed by atoms with Crippen molar-refractivity contribution in [2.75, 3.05) is 11.6 Å². The minimum Gasteiger partial charge on any atom is -0.212 e. The Labute approximate surface area is 106 Å². The average Bonchev–Trinajstić information content (AvgIpc) is 2.26. The summed E-state index contributed by atoms with van der Waals surface area (Å²) in [6, 6.07) is 5.35. The quantitative estimate of drug-likeness (QED) is 0.813. The topological polar surface area (TPSA) is 46.2 Å². The second kappa shape index (κ2) is 6.33. The Balaban J connectivity index is 2.65. The Hall–Kier alpha value is -0.650. The lowest BCUT2D eigenvalue weighted by Crippen LogP contribution is -2.29. The van der Waals surface area contributed by atoms with Crippen molar-refractivity contribution in [2.24, 2.45) is 0 Å². The number of nitrogens with one attached hydrogen (secondary N) is 1. The van der Waals surface area contributed by atoms with Gasteiger partial charge < -0.3 is 0 Å². The van der Waals surface area contributed by atoms with Gasteiger partial charge in [0, 0.05) is 11.9 Å². The van der Waals surface area contributed by atoms with Gasteiger partial charge in [-0.25, -0.2) is 17.5 Å². The second-order valence-corrected chi connectivity index (χ2v) is 6.00. The van der Waals surface area contributed by atoms with Crippen molar-refractivity contribution in [1.82, 2.24) is 4.72 Å². The van der Waals surface area contributed by atoms with Crippen LogP contribution in [0.1, 0.15) is 24.9 Å². The van der Waals surface area contributed by atoms with Crippen LogP contribution in [0.3, 0.4) is 0 Å². The van der Waals surface area contributed by atoms with Crippen LogP contribution in [0.5, 0.6) is 0 Å². The molecule has 0 spiro atoms. The first kappa shape index (κ1) is 14.4. The summed E-state index contributed by atoms with van der Waals surface area (Å²) in [4.78, 5) is 0. The summed E-state index contributed by atoms with van der Waals surface area (Å²) >= 11 is 5.44. The fourth-order valence-corrected chi connectivity index (χ4v) is 3.00. The number of rotatable bonds is 6. The van der Waals surface area contributed by atoms with Crippen LogP contribution in [-0.4, -0.2) is 20.1 Å². The van der Waals surface area contributed by atoms with Crippen LogP contribution in [0.25, 0.3) is 0 Å². The van der Waals surface area contributed by atoms with Crippen molar-refractivity contribution >= 4 is 21.6 Å². The average molecular weight is 280 g/mol. The van der Waals surface area contributed by atoms with Gasteiger partial charge in [0.25, 0.3) is 0 Å². The number of alkyl halides is 1. The molecule has 0 unspecified atom stereocenters. The minimum atomic E-state index is -3.33. The van der Waals surface area contributed by atoms with Gasteiger partial charge in [-0.1, -0.05) is 12.1 Å². The third-order valence-electron chi connectivity index (χ3n) is 2.27. The number of benzene rings is 1. The maximum absolute atomic E-state index is 12.7. The third-order valence-corrected chi connectivity index (χ3v) is 4.08. The first-order chi connectivity index (χ1) is 7.94. The molecule has 1 N–H and O–H groups in total. The van der Waals surface area contributed by atoms with Gasteiger partial charge >= 0.3 is 0 Å². The highest BCUT2D eigenvalue weighted by molar-refractivity contribution is 7.89. The molecule has 1 aromatic rings. The Bertz CT molecular complexity index is 447. The summed E-state index contributed by atoms with van der Waals surface area (Å²) < 4.78 is 38.4. The van der Waals surface area contributed by atoms with Crippen molar-refractivity contribution in [3.05, 3.63) is 35.6 Å². The van der Waals surface area contributed by atoms with E-state index in [4.69, 9.17) is 11.6 Å². The summed E-state index contributed by atoms with van der Waals surface area (Å²) in [6.07, 6.45) is 0.410. The highest BCUT2D eigenvalue weighted by atomic mass is 35.5. The highest BCUT2D eigenvalue weighted by Crippen LogP contribution is 2.14. The summed E-state index contributed by atoms with van der Waals surface area (Å²) in [6.45, 7) is 1.71. The van der Waals surface area contributed by atoms with Gasteiger partial charge in [-0.15, -0.1) is 11.6 Å².